The molecule has 2 aromatic rings. The van der Waals surface area contributed by atoms with Crippen LogP contribution >= 0.6 is 0 Å². The van der Waals surface area contributed by atoms with Crippen LogP contribution in [-0.2, 0) is 13.1 Å². The molecule has 1 aliphatic rings. The fraction of sp³-hybridized carbons (Fsp3) is 0.471. The number of rotatable bonds is 5. The largest absolute Gasteiger partial charge is 0.389 e. The fourth-order valence-electron chi connectivity index (χ4n) is 2.98. The summed E-state index contributed by atoms with van der Waals surface area (Å²) in [5, 5.41) is 10.3. The first-order valence-electron chi connectivity index (χ1n) is 7.67. The van der Waals surface area contributed by atoms with Crippen LogP contribution in [0.5, 0.6) is 0 Å². The van der Waals surface area contributed by atoms with E-state index in [1.807, 2.05) is 18.5 Å². The van der Waals surface area contributed by atoms with E-state index in [9.17, 15) is 5.11 Å². The molecule has 4 nitrogen and oxygen atoms in total. The highest BCUT2D eigenvalue weighted by molar-refractivity contribution is 5.15. The lowest BCUT2D eigenvalue weighted by Gasteiger charge is -2.21. The van der Waals surface area contributed by atoms with E-state index >= 15 is 0 Å². The predicted molar refractivity (Wildman–Crippen MR) is 82.9 cm³/mol. The molecule has 112 valence electrons. The topological polar surface area (TPSA) is 41.3 Å². The van der Waals surface area contributed by atoms with E-state index in [4.69, 9.17) is 0 Å². The van der Waals surface area contributed by atoms with E-state index in [0.717, 1.165) is 44.8 Å². The van der Waals surface area contributed by atoms with E-state index in [-0.39, 0.29) is 0 Å². The van der Waals surface area contributed by atoms with Crippen molar-refractivity contribution in [3.05, 3.63) is 54.1 Å². The van der Waals surface area contributed by atoms with Crippen LogP contribution in [0.1, 0.15) is 31.2 Å². The van der Waals surface area contributed by atoms with Gasteiger partial charge in [-0.15, -0.1) is 0 Å². The fourth-order valence-corrected chi connectivity index (χ4v) is 2.98. The average Bonchev–Trinajstić information content (AvgIpc) is 3.09. The standard InChI is InChI=1S/C17H23N3O/c1-2-17(21)8-10-19(14-17)13-16-18-9-11-20(16)12-15-6-4-3-5-7-15/h3-7,9,11,21H,2,8,10,12-14H2,1H3. The van der Waals surface area contributed by atoms with Crippen molar-refractivity contribution in [1.82, 2.24) is 14.5 Å². The minimum absolute atomic E-state index is 0.503. The van der Waals surface area contributed by atoms with Gasteiger partial charge in [-0.1, -0.05) is 37.3 Å². The summed E-state index contributed by atoms with van der Waals surface area (Å²) in [4.78, 5) is 6.79. The minimum atomic E-state index is -0.503. The summed E-state index contributed by atoms with van der Waals surface area (Å²) >= 11 is 0. The van der Waals surface area contributed by atoms with Crippen molar-refractivity contribution in [3.63, 3.8) is 0 Å². The smallest absolute Gasteiger partial charge is 0.123 e. The van der Waals surface area contributed by atoms with Crippen molar-refractivity contribution in [2.75, 3.05) is 13.1 Å². The minimum Gasteiger partial charge on any atom is -0.389 e. The molecule has 21 heavy (non-hydrogen) atoms. The molecule has 0 spiro atoms. The van der Waals surface area contributed by atoms with Gasteiger partial charge in [-0.25, -0.2) is 4.98 Å². The second-order valence-corrected chi connectivity index (χ2v) is 6.00. The van der Waals surface area contributed by atoms with Gasteiger partial charge >= 0.3 is 0 Å². The highest BCUT2D eigenvalue weighted by Crippen LogP contribution is 2.25. The highest BCUT2D eigenvalue weighted by atomic mass is 16.3. The molecule has 1 aromatic heterocycles. The molecule has 1 aliphatic heterocycles. The Balaban J connectivity index is 1.66. The molecule has 0 radical (unpaired) electrons. The maximum Gasteiger partial charge on any atom is 0.123 e. The molecule has 2 heterocycles. The third kappa shape index (κ3) is 3.34. The first kappa shape index (κ1) is 14.3. The Morgan fingerprint density at radius 2 is 2.05 bits per heavy atom. The molecule has 1 saturated heterocycles. The van der Waals surface area contributed by atoms with Gasteiger partial charge in [-0.2, -0.15) is 0 Å². The monoisotopic (exact) mass is 285 g/mol. The number of hydrogen-bond acceptors (Lipinski definition) is 3. The van der Waals surface area contributed by atoms with Gasteiger partial charge in [0.05, 0.1) is 12.1 Å². The van der Waals surface area contributed by atoms with Crippen LogP contribution in [0.3, 0.4) is 0 Å². The van der Waals surface area contributed by atoms with Crippen molar-refractivity contribution < 1.29 is 5.11 Å². The third-order valence-electron chi connectivity index (χ3n) is 4.43. The van der Waals surface area contributed by atoms with E-state index in [1.165, 1.54) is 5.56 Å². The number of imidazole rings is 1. The van der Waals surface area contributed by atoms with Crippen molar-refractivity contribution in [1.29, 1.82) is 0 Å². The van der Waals surface area contributed by atoms with Gasteiger partial charge in [0.1, 0.15) is 5.82 Å². The van der Waals surface area contributed by atoms with Crippen LogP contribution in [0, 0.1) is 0 Å². The van der Waals surface area contributed by atoms with Crippen LogP contribution in [0.2, 0.25) is 0 Å². The Morgan fingerprint density at radius 3 is 2.76 bits per heavy atom. The number of aliphatic hydroxyl groups is 1. The molecule has 1 atom stereocenters. The summed E-state index contributed by atoms with van der Waals surface area (Å²) in [6.07, 6.45) is 5.58. The lowest BCUT2D eigenvalue weighted by molar-refractivity contribution is 0.0443. The Bertz CT molecular complexity index is 581. The van der Waals surface area contributed by atoms with Gasteiger partial charge < -0.3 is 9.67 Å². The van der Waals surface area contributed by atoms with Crippen molar-refractivity contribution in [2.45, 2.75) is 38.5 Å². The van der Waals surface area contributed by atoms with Gasteiger partial charge in [0, 0.05) is 32.0 Å². The van der Waals surface area contributed by atoms with Gasteiger partial charge in [-0.05, 0) is 18.4 Å². The van der Waals surface area contributed by atoms with Gasteiger partial charge in [0.2, 0.25) is 0 Å². The molecule has 0 amide bonds. The van der Waals surface area contributed by atoms with E-state index in [2.05, 4.69) is 45.6 Å². The van der Waals surface area contributed by atoms with Crippen LogP contribution in [-0.4, -0.2) is 38.2 Å². The zero-order valence-corrected chi connectivity index (χ0v) is 12.6. The van der Waals surface area contributed by atoms with Crippen molar-refractivity contribution in [2.24, 2.45) is 0 Å². The Labute approximate surface area is 126 Å². The van der Waals surface area contributed by atoms with Crippen LogP contribution in [0.4, 0.5) is 0 Å². The summed E-state index contributed by atoms with van der Waals surface area (Å²) in [5.74, 6) is 1.07. The van der Waals surface area contributed by atoms with Gasteiger partial charge in [0.25, 0.3) is 0 Å². The Kier molecular flexibility index (Phi) is 4.08. The third-order valence-corrected chi connectivity index (χ3v) is 4.43. The number of β-amino-alcohol motifs (C(OH)–C–C–N with tert-alkyl or cyclic N) is 1. The molecule has 1 aromatic carbocycles. The second-order valence-electron chi connectivity index (χ2n) is 6.00. The summed E-state index contributed by atoms with van der Waals surface area (Å²) in [7, 11) is 0. The highest BCUT2D eigenvalue weighted by Gasteiger charge is 2.34. The normalized spacial score (nSPS) is 22.8. The van der Waals surface area contributed by atoms with Crippen LogP contribution < -0.4 is 0 Å². The first-order chi connectivity index (χ1) is 10.2. The number of likely N-dealkylation sites (tertiary alicyclic amines) is 1. The van der Waals surface area contributed by atoms with Gasteiger partial charge in [0.15, 0.2) is 0 Å². The maximum absolute atomic E-state index is 10.3. The molecule has 1 unspecified atom stereocenters. The molecule has 0 aliphatic carbocycles. The van der Waals surface area contributed by atoms with E-state index < -0.39 is 5.60 Å². The van der Waals surface area contributed by atoms with Crippen molar-refractivity contribution in [3.8, 4) is 0 Å². The quantitative estimate of drug-likeness (QED) is 0.916. The van der Waals surface area contributed by atoms with E-state index in [1.54, 1.807) is 0 Å². The molecule has 0 bridgehead atoms. The molecule has 3 rings (SSSR count). The number of nitrogens with zero attached hydrogens (tertiary/aromatic N) is 3. The Hall–Kier alpha value is -1.65. The predicted octanol–water partition coefficient (Wildman–Crippen LogP) is 2.28. The lowest BCUT2D eigenvalue weighted by atomic mass is 10.0. The van der Waals surface area contributed by atoms with Crippen molar-refractivity contribution >= 4 is 0 Å². The van der Waals surface area contributed by atoms with Gasteiger partial charge in [-0.3, -0.25) is 4.90 Å². The first-order valence-corrected chi connectivity index (χ1v) is 7.67. The molecular weight excluding hydrogens is 262 g/mol. The molecule has 0 saturated carbocycles. The summed E-state index contributed by atoms with van der Waals surface area (Å²) in [6, 6.07) is 10.4. The average molecular weight is 285 g/mol. The molecular formula is C17H23N3O. The number of hydrogen-bond donors (Lipinski definition) is 1. The van der Waals surface area contributed by atoms with Crippen LogP contribution in [0.25, 0.3) is 0 Å². The summed E-state index contributed by atoms with van der Waals surface area (Å²) in [6.45, 7) is 5.41. The molecule has 4 heteroatoms. The van der Waals surface area contributed by atoms with E-state index in [0.29, 0.717) is 0 Å². The molecule has 1 fully saturated rings. The number of aromatic nitrogens is 2. The molecule has 1 N–H and O–H groups in total. The Morgan fingerprint density at radius 1 is 1.24 bits per heavy atom. The summed E-state index contributed by atoms with van der Waals surface area (Å²) < 4.78 is 2.19. The lowest BCUT2D eigenvalue weighted by Crippen LogP contribution is -2.32. The zero-order chi connectivity index (χ0) is 14.7. The summed E-state index contributed by atoms with van der Waals surface area (Å²) in [5.41, 5.74) is 0.778. The maximum atomic E-state index is 10.3. The zero-order valence-electron chi connectivity index (χ0n) is 12.6. The SMILES string of the molecule is CCC1(O)CCN(Cc2nccn2Cc2ccccc2)C1. The number of benzene rings is 1. The second kappa shape index (κ2) is 6.00. The van der Waals surface area contributed by atoms with Crippen LogP contribution in [0.15, 0.2) is 42.7 Å².